The highest BCUT2D eigenvalue weighted by atomic mass is 16.6. The third kappa shape index (κ3) is 19.7. The molecule has 2 N–H and O–H groups in total. The van der Waals surface area contributed by atoms with Gasteiger partial charge in [0.2, 0.25) is 0 Å². The van der Waals surface area contributed by atoms with Crippen LogP contribution < -0.4 is 20.1 Å². The summed E-state index contributed by atoms with van der Waals surface area (Å²) in [6, 6.07) is 18.5. The van der Waals surface area contributed by atoms with Gasteiger partial charge in [-0.3, -0.25) is 0 Å². The van der Waals surface area contributed by atoms with Crippen molar-refractivity contribution in [3.8, 4) is 11.5 Å². The Bertz CT molecular complexity index is 1280. The number of ether oxygens (including phenoxy) is 8. The van der Waals surface area contributed by atoms with Crippen LogP contribution in [0.5, 0.6) is 11.5 Å². The zero-order valence-electron chi connectivity index (χ0n) is 30.9. The van der Waals surface area contributed by atoms with Crippen molar-refractivity contribution in [3.63, 3.8) is 0 Å². The molecule has 2 aromatic rings. The van der Waals surface area contributed by atoms with Gasteiger partial charge in [0.15, 0.2) is 12.2 Å². The Morgan fingerprint density at radius 1 is 0.611 bits per heavy atom. The van der Waals surface area contributed by atoms with Crippen LogP contribution in [0.2, 0.25) is 0 Å². The molecule has 0 spiro atoms. The fraction of sp³-hybridized carbons (Fsp3) is 0.500. The molecule has 2 aromatic carbocycles. The first-order valence-corrected chi connectivity index (χ1v) is 18.3. The number of amides is 2. The molecule has 14 heteroatoms. The monoisotopic (exact) mass is 754 g/mol. The average Bonchev–Trinajstić information content (AvgIpc) is 3.19. The normalized spacial score (nSPS) is 16.1. The second-order valence-electron chi connectivity index (χ2n) is 12.6. The number of hydrogen-bond acceptors (Lipinski definition) is 12. The molecular weight excluding hydrogens is 700 g/mol. The first-order valence-electron chi connectivity index (χ1n) is 18.3. The van der Waals surface area contributed by atoms with Gasteiger partial charge in [-0.25, -0.2) is 19.2 Å². The van der Waals surface area contributed by atoms with Crippen LogP contribution in [0.3, 0.4) is 0 Å². The van der Waals surface area contributed by atoms with E-state index in [2.05, 4.69) is 23.8 Å². The standard InChI is InChI=1S/C40H54N2O12/c1-3-37(43)49-23-11-21-41-39(45)53-35(29-51-33-13-7-5-8-14-33)27-47-25-31-17-19-32(20-18-31)26-48-28-36(30-52-34-15-9-6-10-16-34)54-40(46)42-22-12-24-50-38(44)4-2/h3-10,13-16,31-32,35-36H,1-2,11-12,17-30H2,(H,41,45)(H,42,46). The molecule has 1 fully saturated rings. The van der Waals surface area contributed by atoms with Crippen LogP contribution in [0.4, 0.5) is 9.59 Å². The van der Waals surface area contributed by atoms with E-state index in [1.54, 1.807) is 0 Å². The van der Waals surface area contributed by atoms with Crippen LogP contribution >= 0.6 is 0 Å². The highest BCUT2D eigenvalue weighted by Gasteiger charge is 2.24. The lowest BCUT2D eigenvalue weighted by Gasteiger charge is -2.29. The maximum absolute atomic E-state index is 12.5. The lowest BCUT2D eigenvalue weighted by Crippen LogP contribution is -2.36. The summed E-state index contributed by atoms with van der Waals surface area (Å²) in [4.78, 5) is 47.3. The molecule has 54 heavy (non-hydrogen) atoms. The summed E-state index contributed by atoms with van der Waals surface area (Å²) in [5, 5.41) is 5.32. The number of alkyl carbamates (subject to hydrolysis) is 2. The zero-order valence-corrected chi connectivity index (χ0v) is 30.9. The SMILES string of the molecule is C=CC(=O)OCCCNC(=O)OC(COCC1CCC(COCC(COc2ccccc2)OC(=O)NCCCOC(=O)C=C)CC1)COc1ccccc1. The van der Waals surface area contributed by atoms with E-state index in [0.29, 0.717) is 49.4 Å². The second kappa shape index (κ2) is 26.6. The molecule has 0 radical (unpaired) electrons. The molecule has 2 atom stereocenters. The molecule has 2 amide bonds. The molecule has 2 unspecified atom stereocenters. The molecule has 1 aliphatic rings. The highest BCUT2D eigenvalue weighted by Crippen LogP contribution is 2.29. The van der Waals surface area contributed by atoms with Gasteiger partial charge >= 0.3 is 24.1 Å². The second-order valence-corrected chi connectivity index (χ2v) is 12.6. The summed E-state index contributed by atoms with van der Waals surface area (Å²) in [6.45, 7) is 9.16. The van der Waals surface area contributed by atoms with Crippen LogP contribution in [0.1, 0.15) is 38.5 Å². The first-order chi connectivity index (χ1) is 26.3. The number of carbonyl (C=O) groups is 4. The number of benzene rings is 2. The molecule has 0 bridgehead atoms. The van der Waals surface area contributed by atoms with Gasteiger partial charge in [-0.2, -0.15) is 0 Å². The molecule has 0 aromatic heterocycles. The van der Waals surface area contributed by atoms with Crippen molar-refractivity contribution in [1.29, 1.82) is 0 Å². The molecule has 1 aliphatic carbocycles. The van der Waals surface area contributed by atoms with Gasteiger partial charge in [0.05, 0.1) is 26.4 Å². The van der Waals surface area contributed by atoms with Crippen LogP contribution in [-0.4, -0.2) is 102 Å². The average molecular weight is 755 g/mol. The van der Waals surface area contributed by atoms with Gasteiger partial charge in [0, 0.05) is 38.5 Å². The van der Waals surface area contributed by atoms with E-state index in [1.807, 2.05) is 60.7 Å². The van der Waals surface area contributed by atoms with E-state index in [-0.39, 0.29) is 52.7 Å². The molecule has 296 valence electrons. The Labute approximate surface area is 317 Å². The minimum absolute atomic E-state index is 0.119. The maximum Gasteiger partial charge on any atom is 0.407 e. The third-order valence-corrected chi connectivity index (χ3v) is 8.19. The van der Waals surface area contributed by atoms with E-state index in [9.17, 15) is 19.2 Å². The number of carbonyl (C=O) groups excluding carboxylic acids is 4. The topological polar surface area (TPSA) is 166 Å². The quantitative estimate of drug-likeness (QED) is 0.0544. The Morgan fingerprint density at radius 2 is 1.00 bits per heavy atom. The summed E-state index contributed by atoms with van der Waals surface area (Å²) < 4.78 is 44.8. The number of rotatable bonds is 26. The molecule has 14 nitrogen and oxygen atoms in total. The minimum Gasteiger partial charge on any atom is -0.490 e. The van der Waals surface area contributed by atoms with Crippen molar-refractivity contribution in [2.24, 2.45) is 11.8 Å². The fourth-order valence-corrected chi connectivity index (χ4v) is 5.32. The molecular formula is C40H54N2O12. The van der Waals surface area contributed by atoms with Gasteiger partial charge in [-0.05, 0) is 74.6 Å². The minimum atomic E-state index is -0.640. The zero-order chi connectivity index (χ0) is 38.6. The van der Waals surface area contributed by atoms with Gasteiger partial charge in [-0.15, -0.1) is 0 Å². The number of hydrogen-bond donors (Lipinski definition) is 2. The van der Waals surface area contributed by atoms with Crippen molar-refractivity contribution in [2.45, 2.75) is 50.7 Å². The van der Waals surface area contributed by atoms with Gasteiger partial charge < -0.3 is 48.5 Å². The van der Waals surface area contributed by atoms with Gasteiger partial charge in [0.1, 0.15) is 24.7 Å². The summed E-state index contributed by atoms with van der Waals surface area (Å²) in [6.07, 6.45) is 4.35. The molecule has 0 aliphatic heterocycles. The molecule has 1 saturated carbocycles. The molecule has 0 heterocycles. The highest BCUT2D eigenvalue weighted by molar-refractivity contribution is 5.81. The van der Waals surface area contributed by atoms with E-state index in [1.165, 1.54) is 0 Å². The Morgan fingerprint density at radius 3 is 1.37 bits per heavy atom. The van der Waals surface area contributed by atoms with Gasteiger partial charge in [-0.1, -0.05) is 49.6 Å². The van der Waals surface area contributed by atoms with Crippen LogP contribution in [0, 0.1) is 11.8 Å². The van der Waals surface area contributed by atoms with Crippen molar-refractivity contribution in [2.75, 3.05) is 65.9 Å². The maximum atomic E-state index is 12.5. The van der Waals surface area contributed by atoms with E-state index < -0.39 is 36.3 Å². The van der Waals surface area contributed by atoms with Crippen LogP contribution in [-0.2, 0) is 38.0 Å². The summed E-state index contributed by atoms with van der Waals surface area (Å²) in [5.74, 6) is 0.978. The van der Waals surface area contributed by atoms with Crippen LogP contribution in [0.15, 0.2) is 86.0 Å². The predicted molar refractivity (Wildman–Crippen MR) is 199 cm³/mol. The van der Waals surface area contributed by atoms with Crippen LogP contribution in [0.25, 0.3) is 0 Å². The van der Waals surface area contributed by atoms with Crippen molar-refractivity contribution < 1.29 is 57.1 Å². The first kappa shape index (κ1) is 43.3. The Hall–Kier alpha value is -5.08. The summed E-state index contributed by atoms with van der Waals surface area (Å²) >= 11 is 0. The number of esters is 2. The fourth-order valence-electron chi connectivity index (χ4n) is 5.32. The lowest BCUT2D eigenvalue weighted by atomic mass is 9.83. The summed E-state index contributed by atoms with van der Waals surface area (Å²) in [5.41, 5.74) is 0. The van der Waals surface area contributed by atoms with Crippen molar-refractivity contribution in [1.82, 2.24) is 10.6 Å². The van der Waals surface area contributed by atoms with Crippen molar-refractivity contribution in [3.05, 3.63) is 86.0 Å². The van der Waals surface area contributed by atoms with E-state index in [0.717, 1.165) is 37.8 Å². The van der Waals surface area contributed by atoms with Crippen molar-refractivity contribution >= 4 is 24.1 Å². The smallest absolute Gasteiger partial charge is 0.407 e. The largest absolute Gasteiger partial charge is 0.490 e. The Balaban J connectivity index is 1.37. The number of para-hydroxylation sites is 2. The summed E-state index contributed by atoms with van der Waals surface area (Å²) in [7, 11) is 0. The molecule has 3 rings (SSSR count). The van der Waals surface area contributed by atoms with Gasteiger partial charge in [0.25, 0.3) is 0 Å². The Kier molecular flexibility index (Phi) is 21.4. The predicted octanol–water partition coefficient (Wildman–Crippen LogP) is 5.41. The van der Waals surface area contributed by atoms with E-state index in [4.69, 9.17) is 37.9 Å². The molecule has 0 saturated heterocycles. The lowest BCUT2D eigenvalue weighted by molar-refractivity contribution is -0.138. The third-order valence-electron chi connectivity index (χ3n) is 8.19. The number of nitrogens with one attached hydrogen (secondary N) is 2. The van der Waals surface area contributed by atoms with E-state index >= 15 is 0 Å².